The number of hydrogen-bond donors (Lipinski definition) is 4. The first-order valence-corrected chi connectivity index (χ1v) is 6.36. The van der Waals surface area contributed by atoms with Crippen molar-refractivity contribution in [2.45, 2.75) is 32.2 Å². The van der Waals surface area contributed by atoms with Gasteiger partial charge in [0.25, 0.3) is 5.91 Å². The summed E-state index contributed by atoms with van der Waals surface area (Å²) in [6.45, 7) is 1.74. The molecular formula is C14H17NO6. The predicted octanol–water partition coefficient (Wildman–Crippen LogP) is 1.14. The van der Waals surface area contributed by atoms with Crippen LogP contribution in [0.15, 0.2) is 18.2 Å². The van der Waals surface area contributed by atoms with Gasteiger partial charge in [0, 0.05) is 6.42 Å². The lowest BCUT2D eigenvalue weighted by atomic mass is 10.1. The Morgan fingerprint density at radius 2 is 1.90 bits per heavy atom. The molecule has 21 heavy (non-hydrogen) atoms. The van der Waals surface area contributed by atoms with Crippen molar-refractivity contribution in [1.29, 1.82) is 0 Å². The molecule has 114 valence electrons. The molecule has 0 radical (unpaired) electrons. The monoisotopic (exact) mass is 295 g/mol. The molecule has 0 bridgehead atoms. The topological polar surface area (TPSA) is 124 Å². The van der Waals surface area contributed by atoms with Gasteiger partial charge in [0.05, 0.1) is 5.56 Å². The second-order valence-corrected chi connectivity index (χ2v) is 4.67. The summed E-state index contributed by atoms with van der Waals surface area (Å²) in [4.78, 5) is 33.4. The van der Waals surface area contributed by atoms with Crippen LogP contribution >= 0.6 is 0 Å². The average molecular weight is 295 g/mol. The Balaban J connectivity index is 2.72. The summed E-state index contributed by atoms with van der Waals surface area (Å²) in [5.74, 6) is -3.22. The lowest BCUT2D eigenvalue weighted by Gasteiger charge is -2.14. The Hall–Kier alpha value is -2.57. The molecule has 0 heterocycles. The molecule has 1 atom stereocenters. The smallest absolute Gasteiger partial charge is 0.326 e. The molecule has 1 rings (SSSR count). The first kappa shape index (κ1) is 16.5. The van der Waals surface area contributed by atoms with Crippen molar-refractivity contribution in [1.82, 2.24) is 5.32 Å². The zero-order valence-corrected chi connectivity index (χ0v) is 11.5. The summed E-state index contributed by atoms with van der Waals surface area (Å²) >= 11 is 0. The highest BCUT2D eigenvalue weighted by Crippen LogP contribution is 2.18. The average Bonchev–Trinajstić information content (AvgIpc) is 2.36. The Bertz CT molecular complexity index is 554. The molecule has 0 fully saturated rings. The van der Waals surface area contributed by atoms with Gasteiger partial charge in [0.2, 0.25) is 0 Å². The van der Waals surface area contributed by atoms with Crippen LogP contribution in [-0.2, 0) is 9.59 Å². The van der Waals surface area contributed by atoms with E-state index in [0.717, 1.165) is 5.56 Å². The molecular weight excluding hydrogens is 278 g/mol. The van der Waals surface area contributed by atoms with E-state index in [1.807, 2.05) is 0 Å². The minimum atomic E-state index is -1.25. The van der Waals surface area contributed by atoms with Crippen LogP contribution in [-0.4, -0.2) is 39.2 Å². The highest BCUT2D eigenvalue weighted by molar-refractivity contribution is 5.98. The maximum absolute atomic E-state index is 11.9. The normalized spacial score (nSPS) is 11.7. The summed E-state index contributed by atoms with van der Waals surface area (Å²) in [7, 11) is 0. The maximum Gasteiger partial charge on any atom is 0.326 e. The molecule has 0 aliphatic heterocycles. The first-order valence-electron chi connectivity index (χ1n) is 6.36. The zero-order chi connectivity index (χ0) is 16.0. The number of phenols is 1. The van der Waals surface area contributed by atoms with Crippen LogP contribution in [0, 0.1) is 6.92 Å². The second kappa shape index (κ2) is 7.28. The Morgan fingerprint density at radius 3 is 2.43 bits per heavy atom. The molecule has 0 unspecified atom stereocenters. The van der Waals surface area contributed by atoms with E-state index in [0.29, 0.717) is 0 Å². The third-order valence-corrected chi connectivity index (χ3v) is 2.88. The van der Waals surface area contributed by atoms with Crippen LogP contribution in [0.1, 0.15) is 35.2 Å². The molecule has 0 aliphatic carbocycles. The van der Waals surface area contributed by atoms with Crippen LogP contribution in [0.4, 0.5) is 0 Å². The number of amides is 1. The molecule has 0 aliphatic rings. The number of carboxylic acid groups (broad SMARTS) is 2. The van der Waals surface area contributed by atoms with Crippen LogP contribution in [0.2, 0.25) is 0 Å². The van der Waals surface area contributed by atoms with Gasteiger partial charge in [-0.25, -0.2) is 4.79 Å². The quantitative estimate of drug-likeness (QED) is 0.598. The van der Waals surface area contributed by atoms with Gasteiger partial charge in [-0.05, 0) is 37.5 Å². The highest BCUT2D eigenvalue weighted by atomic mass is 16.4. The summed E-state index contributed by atoms with van der Waals surface area (Å²) in [6.07, 6.45) is -0.0398. The van der Waals surface area contributed by atoms with Crippen molar-refractivity contribution < 1.29 is 29.7 Å². The van der Waals surface area contributed by atoms with E-state index < -0.39 is 23.9 Å². The maximum atomic E-state index is 11.9. The number of nitrogens with one attached hydrogen (secondary N) is 1. The van der Waals surface area contributed by atoms with Crippen molar-refractivity contribution in [2.24, 2.45) is 0 Å². The van der Waals surface area contributed by atoms with Crippen molar-refractivity contribution in [3.05, 3.63) is 29.3 Å². The fourth-order valence-corrected chi connectivity index (χ4v) is 1.78. The van der Waals surface area contributed by atoms with E-state index in [4.69, 9.17) is 10.2 Å². The van der Waals surface area contributed by atoms with E-state index in [1.54, 1.807) is 13.0 Å². The van der Waals surface area contributed by atoms with E-state index >= 15 is 0 Å². The third-order valence-electron chi connectivity index (χ3n) is 2.88. The predicted molar refractivity (Wildman–Crippen MR) is 73.2 cm³/mol. The largest absolute Gasteiger partial charge is 0.507 e. The Morgan fingerprint density at radius 1 is 1.24 bits per heavy atom. The summed E-state index contributed by atoms with van der Waals surface area (Å²) in [5.41, 5.74) is 0.741. The molecule has 7 nitrogen and oxygen atoms in total. The van der Waals surface area contributed by atoms with Crippen LogP contribution < -0.4 is 5.32 Å². The molecule has 7 heteroatoms. The van der Waals surface area contributed by atoms with Gasteiger partial charge in [-0.3, -0.25) is 9.59 Å². The van der Waals surface area contributed by atoms with E-state index in [1.165, 1.54) is 12.1 Å². The Kier molecular flexibility index (Phi) is 5.71. The lowest BCUT2D eigenvalue weighted by molar-refractivity contribution is -0.140. The van der Waals surface area contributed by atoms with E-state index in [-0.39, 0.29) is 30.6 Å². The van der Waals surface area contributed by atoms with Gasteiger partial charge >= 0.3 is 11.9 Å². The number of rotatable bonds is 7. The third kappa shape index (κ3) is 5.13. The van der Waals surface area contributed by atoms with Gasteiger partial charge in [0.15, 0.2) is 0 Å². The number of aromatic hydroxyl groups is 1. The number of hydrogen-bond acceptors (Lipinski definition) is 4. The second-order valence-electron chi connectivity index (χ2n) is 4.67. The van der Waals surface area contributed by atoms with Gasteiger partial charge in [0.1, 0.15) is 11.8 Å². The van der Waals surface area contributed by atoms with Crippen molar-refractivity contribution in [2.75, 3.05) is 0 Å². The molecule has 1 aromatic rings. The van der Waals surface area contributed by atoms with Crippen LogP contribution in [0.3, 0.4) is 0 Å². The number of carbonyl (C=O) groups is 3. The van der Waals surface area contributed by atoms with Gasteiger partial charge < -0.3 is 20.6 Å². The number of benzene rings is 1. The molecule has 4 N–H and O–H groups in total. The molecule has 1 amide bonds. The number of carbonyl (C=O) groups excluding carboxylic acids is 1. The first-order chi connectivity index (χ1) is 9.81. The summed E-state index contributed by atoms with van der Waals surface area (Å²) < 4.78 is 0. The Labute approximate surface area is 121 Å². The number of aliphatic carboxylic acids is 2. The summed E-state index contributed by atoms with van der Waals surface area (Å²) in [6, 6.07) is 3.22. The number of carboxylic acids is 2. The molecule has 1 aromatic carbocycles. The van der Waals surface area contributed by atoms with Crippen LogP contribution in [0.25, 0.3) is 0 Å². The SMILES string of the molecule is Cc1ccc(C(=O)N[C@H](CCCC(=O)O)C(=O)O)c(O)c1. The fraction of sp³-hybridized carbons (Fsp3) is 0.357. The lowest BCUT2D eigenvalue weighted by Crippen LogP contribution is -2.40. The van der Waals surface area contributed by atoms with E-state index in [9.17, 15) is 19.5 Å². The number of aryl methyl sites for hydroxylation is 1. The van der Waals surface area contributed by atoms with Gasteiger partial charge in [-0.2, -0.15) is 0 Å². The molecule has 0 spiro atoms. The molecule has 0 saturated heterocycles. The molecule has 0 saturated carbocycles. The minimum Gasteiger partial charge on any atom is -0.507 e. The van der Waals surface area contributed by atoms with E-state index in [2.05, 4.69) is 5.32 Å². The van der Waals surface area contributed by atoms with Crippen LogP contribution in [0.5, 0.6) is 5.75 Å². The minimum absolute atomic E-state index is 0.00000339. The highest BCUT2D eigenvalue weighted by Gasteiger charge is 2.22. The number of phenolic OH excluding ortho intramolecular Hbond substituents is 1. The standard InChI is InChI=1S/C14H17NO6/c1-8-5-6-9(11(16)7-8)13(19)15-10(14(20)21)3-2-4-12(17)18/h5-7,10,16H,2-4H2,1H3,(H,15,19)(H,17,18)(H,20,21)/t10-/m1/s1. The molecule has 0 aromatic heterocycles. The fourth-order valence-electron chi connectivity index (χ4n) is 1.78. The van der Waals surface area contributed by atoms with Gasteiger partial charge in [-0.1, -0.05) is 6.07 Å². The van der Waals surface area contributed by atoms with Crippen molar-refractivity contribution in [3.63, 3.8) is 0 Å². The zero-order valence-electron chi connectivity index (χ0n) is 11.5. The van der Waals surface area contributed by atoms with Crippen molar-refractivity contribution >= 4 is 17.8 Å². The summed E-state index contributed by atoms with van der Waals surface area (Å²) in [5, 5.41) is 29.5. The van der Waals surface area contributed by atoms with Crippen molar-refractivity contribution in [3.8, 4) is 5.75 Å². The van der Waals surface area contributed by atoms with Gasteiger partial charge in [-0.15, -0.1) is 0 Å².